The van der Waals surface area contributed by atoms with Gasteiger partial charge in [0.1, 0.15) is 19.0 Å². The molecule has 0 atom stereocenters. The number of hydrogen-bond acceptors (Lipinski definition) is 5. The highest BCUT2D eigenvalue weighted by molar-refractivity contribution is 5.95. The number of amides is 1. The van der Waals surface area contributed by atoms with E-state index < -0.39 is 0 Å². The number of carbonyl (C=O) groups is 1. The molecular weight excluding hydrogens is 284 g/mol. The summed E-state index contributed by atoms with van der Waals surface area (Å²) in [4.78, 5) is 12.0. The number of hydrazone groups is 1. The van der Waals surface area contributed by atoms with Gasteiger partial charge in [-0.05, 0) is 48.0 Å². The number of fused-ring (bicyclic) bond motifs is 1. The molecule has 0 radical (unpaired) electrons. The molecule has 2 aromatic carbocycles. The van der Waals surface area contributed by atoms with Crippen LogP contribution in [-0.2, 0) is 0 Å². The number of phenolic OH excluding ortho intramolecular Hbond substituents is 1. The van der Waals surface area contributed by atoms with Gasteiger partial charge in [0.25, 0.3) is 5.91 Å². The van der Waals surface area contributed by atoms with Crippen molar-refractivity contribution < 1.29 is 19.4 Å². The van der Waals surface area contributed by atoms with Gasteiger partial charge in [-0.1, -0.05) is 0 Å². The molecule has 2 N–H and O–H groups in total. The molecular formula is C16H14N2O4. The second kappa shape index (κ2) is 6.17. The number of hydrogen-bond donors (Lipinski definition) is 2. The molecule has 22 heavy (non-hydrogen) atoms. The summed E-state index contributed by atoms with van der Waals surface area (Å²) >= 11 is 0. The van der Waals surface area contributed by atoms with Crippen molar-refractivity contribution in [1.82, 2.24) is 5.43 Å². The van der Waals surface area contributed by atoms with E-state index in [2.05, 4.69) is 10.5 Å². The Hall–Kier alpha value is -3.02. The van der Waals surface area contributed by atoms with Crippen LogP contribution in [0.15, 0.2) is 47.6 Å². The lowest BCUT2D eigenvalue weighted by Crippen LogP contribution is -2.19. The van der Waals surface area contributed by atoms with Gasteiger partial charge in [-0.2, -0.15) is 5.10 Å². The quantitative estimate of drug-likeness (QED) is 0.670. The lowest BCUT2D eigenvalue weighted by molar-refractivity contribution is 0.0954. The molecule has 112 valence electrons. The summed E-state index contributed by atoms with van der Waals surface area (Å²) in [6.45, 7) is 0.979. The van der Waals surface area contributed by atoms with Gasteiger partial charge in [0.2, 0.25) is 0 Å². The Bertz CT molecular complexity index is 711. The van der Waals surface area contributed by atoms with Gasteiger partial charge >= 0.3 is 0 Å². The average Bonchev–Trinajstić information content (AvgIpc) is 2.56. The molecule has 0 bridgehead atoms. The molecule has 2 aromatic rings. The first-order chi connectivity index (χ1) is 10.7. The number of ether oxygens (including phenoxy) is 2. The minimum Gasteiger partial charge on any atom is -0.508 e. The van der Waals surface area contributed by atoms with Gasteiger partial charge in [-0.25, -0.2) is 5.43 Å². The number of phenols is 1. The van der Waals surface area contributed by atoms with Gasteiger partial charge in [0, 0.05) is 5.56 Å². The summed E-state index contributed by atoms with van der Waals surface area (Å²) in [6.07, 6.45) is 1.50. The zero-order chi connectivity index (χ0) is 15.4. The molecule has 6 nitrogen and oxygen atoms in total. The molecule has 3 rings (SSSR count). The monoisotopic (exact) mass is 298 g/mol. The normalized spacial score (nSPS) is 13.1. The van der Waals surface area contributed by atoms with Crippen LogP contribution < -0.4 is 14.9 Å². The maximum atomic E-state index is 12.0. The number of nitrogens with one attached hydrogen (secondary N) is 1. The maximum absolute atomic E-state index is 12.0. The van der Waals surface area contributed by atoms with Crippen LogP contribution in [0.4, 0.5) is 0 Å². The molecule has 0 spiro atoms. The van der Waals surface area contributed by atoms with Gasteiger partial charge < -0.3 is 14.6 Å². The van der Waals surface area contributed by atoms with E-state index in [1.54, 1.807) is 42.5 Å². The van der Waals surface area contributed by atoms with Gasteiger partial charge in [0.15, 0.2) is 11.5 Å². The summed E-state index contributed by atoms with van der Waals surface area (Å²) in [5, 5.41) is 13.1. The Balaban J connectivity index is 1.65. The number of aromatic hydroxyl groups is 1. The number of nitrogens with zero attached hydrogens (tertiary/aromatic N) is 1. The summed E-state index contributed by atoms with van der Waals surface area (Å²) in [5.74, 6) is 1.03. The van der Waals surface area contributed by atoms with Crippen LogP contribution in [0.25, 0.3) is 0 Å². The van der Waals surface area contributed by atoms with Gasteiger partial charge in [-0.3, -0.25) is 4.79 Å². The van der Waals surface area contributed by atoms with Crippen LogP contribution >= 0.6 is 0 Å². The Morgan fingerprint density at radius 2 is 1.82 bits per heavy atom. The van der Waals surface area contributed by atoms with Crippen LogP contribution in [0.2, 0.25) is 0 Å². The fourth-order valence-electron chi connectivity index (χ4n) is 1.97. The molecule has 0 unspecified atom stereocenters. The molecule has 0 fully saturated rings. The first kappa shape index (κ1) is 13.9. The average molecular weight is 298 g/mol. The Labute approximate surface area is 127 Å². The third-order valence-electron chi connectivity index (χ3n) is 3.08. The van der Waals surface area contributed by atoms with E-state index in [-0.39, 0.29) is 11.7 Å². The Morgan fingerprint density at radius 3 is 2.59 bits per heavy atom. The van der Waals surface area contributed by atoms with E-state index in [9.17, 15) is 9.90 Å². The summed E-state index contributed by atoms with van der Waals surface area (Å²) in [7, 11) is 0. The predicted octanol–water partition coefficient (Wildman–Crippen LogP) is 1.93. The summed E-state index contributed by atoms with van der Waals surface area (Å²) in [5.41, 5.74) is 3.64. The van der Waals surface area contributed by atoms with Crippen molar-refractivity contribution in [2.45, 2.75) is 0 Å². The fourth-order valence-corrected chi connectivity index (χ4v) is 1.97. The van der Waals surface area contributed by atoms with E-state index in [0.29, 0.717) is 30.3 Å². The van der Waals surface area contributed by atoms with Crippen LogP contribution in [0, 0.1) is 0 Å². The molecule has 0 aliphatic carbocycles. The lowest BCUT2D eigenvalue weighted by Gasteiger charge is -2.18. The Morgan fingerprint density at radius 1 is 1.09 bits per heavy atom. The number of benzene rings is 2. The van der Waals surface area contributed by atoms with Crippen molar-refractivity contribution in [3.8, 4) is 17.2 Å². The fraction of sp³-hybridized carbons (Fsp3) is 0.125. The van der Waals surface area contributed by atoms with E-state index in [1.165, 1.54) is 6.21 Å². The standard InChI is InChI=1S/C16H14N2O4/c19-13-4-1-11(2-5-13)10-17-18-16(20)12-3-6-14-15(9-12)22-8-7-21-14/h1-6,9-10,19H,7-8H2,(H,18,20)/b17-10+. The van der Waals surface area contributed by atoms with E-state index >= 15 is 0 Å². The number of carbonyl (C=O) groups excluding carboxylic acids is 1. The maximum Gasteiger partial charge on any atom is 0.271 e. The topological polar surface area (TPSA) is 80.2 Å². The zero-order valence-electron chi connectivity index (χ0n) is 11.7. The van der Waals surface area contributed by atoms with Crippen LogP contribution in [0.1, 0.15) is 15.9 Å². The highest BCUT2D eigenvalue weighted by Gasteiger charge is 2.14. The van der Waals surface area contributed by atoms with E-state index in [4.69, 9.17) is 9.47 Å². The van der Waals surface area contributed by atoms with Crippen LogP contribution in [0.3, 0.4) is 0 Å². The van der Waals surface area contributed by atoms with Crippen molar-refractivity contribution in [3.05, 3.63) is 53.6 Å². The van der Waals surface area contributed by atoms with Crippen LogP contribution in [-0.4, -0.2) is 30.4 Å². The highest BCUT2D eigenvalue weighted by Crippen LogP contribution is 2.30. The largest absolute Gasteiger partial charge is 0.508 e. The van der Waals surface area contributed by atoms with Crippen molar-refractivity contribution in [2.24, 2.45) is 5.10 Å². The van der Waals surface area contributed by atoms with Crippen LogP contribution in [0.5, 0.6) is 17.2 Å². The first-order valence-electron chi connectivity index (χ1n) is 6.74. The zero-order valence-corrected chi connectivity index (χ0v) is 11.7. The second-order valence-corrected chi connectivity index (χ2v) is 4.65. The minimum atomic E-state index is -0.341. The highest BCUT2D eigenvalue weighted by atomic mass is 16.6. The van der Waals surface area contributed by atoms with E-state index in [1.807, 2.05) is 0 Å². The molecule has 1 heterocycles. The molecule has 1 aliphatic heterocycles. The minimum absolute atomic E-state index is 0.178. The lowest BCUT2D eigenvalue weighted by atomic mass is 10.2. The molecule has 1 amide bonds. The van der Waals surface area contributed by atoms with Crippen molar-refractivity contribution in [2.75, 3.05) is 13.2 Å². The predicted molar refractivity (Wildman–Crippen MR) is 80.6 cm³/mol. The molecule has 0 saturated carbocycles. The molecule has 0 saturated heterocycles. The van der Waals surface area contributed by atoms with Crippen molar-refractivity contribution in [1.29, 1.82) is 0 Å². The SMILES string of the molecule is O=C(N/N=C/c1ccc(O)cc1)c1ccc2c(c1)OCCO2. The molecule has 0 aromatic heterocycles. The summed E-state index contributed by atoms with van der Waals surface area (Å²) in [6, 6.07) is 11.4. The smallest absolute Gasteiger partial charge is 0.271 e. The number of rotatable bonds is 3. The second-order valence-electron chi connectivity index (χ2n) is 4.65. The summed E-state index contributed by atoms with van der Waals surface area (Å²) < 4.78 is 10.8. The third-order valence-corrected chi connectivity index (χ3v) is 3.08. The van der Waals surface area contributed by atoms with Gasteiger partial charge in [0.05, 0.1) is 6.21 Å². The van der Waals surface area contributed by atoms with Crippen molar-refractivity contribution in [3.63, 3.8) is 0 Å². The molecule has 6 heteroatoms. The molecule has 1 aliphatic rings. The Kier molecular flexibility index (Phi) is 3.91. The third kappa shape index (κ3) is 3.17. The van der Waals surface area contributed by atoms with Gasteiger partial charge in [-0.15, -0.1) is 0 Å². The first-order valence-corrected chi connectivity index (χ1v) is 6.74. The van der Waals surface area contributed by atoms with Crippen molar-refractivity contribution >= 4 is 12.1 Å². The van der Waals surface area contributed by atoms with E-state index in [0.717, 1.165) is 5.56 Å².